The molecule has 3 heterocycles. The van der Waals surface area contributed by atoms with Gasteiger partial charge in [0.25, 0.3) is 5.91 Å². The van der Waals surface area contributed by atoms with Crippen LogP contribution >= 0.6 is 0 Å². The van der Waals surface area contributed by atoms with E-state index in [0.717, 1.165) is 18.3 Å². The topological polar surface area (TPSA) is 94.1 Å². The maximum atomic E-state index is 14.4. The maximum Gasteiger partial charge on any atom is 0.255 e. The van der Waals surface area contributed by atoms with Gasteiger partial charge in [-0.3, -0.25) is 9.89 Å². The lowest BCUT2D eigenvalue weighted by Crippen LogP contribution is -2.57. The second-order valence-electron chi connectivity index (χ2n) is 7.25. The first kappa shape index (κ1) is 18.4. The highest BCUT2D eigenvalue weighted by atomic mass is 19.1. The van der Waals surface area contributed by atoms with Crippen LogP contribution in [0.2, 0.25) is 0 Å². The fourth-order valence-electron chi connectivity index (χ4n) is 3.69. The molecule has 3 aromatic rings. The van der Waals surface area contributed by atoms with Crippen LogP contribution in [0.15, 0.2) is 24.3 Å². The number of halogens is 1. The molecule has 3 N–H and O–H groups in total. The van der Waals surface area contributed by atoms with Gasteiger partial charge in [0.05, 0.1) is 16.6 Å². The molecule has 0 spiro atoms. The van der Waals surface area contributed by atoms with Crippen LogP contribution in [0.4, 0.5) is 4.39 Å². The van der Waals surface area contributed by atoms with Crippen molar-refractivity contribution in [1.82, 2.24) is 25.4 Å². The van der Waals surface area contributed by atoms with E-state index in [4.69, 9.17) is 0 Å². The molecule has 1 saturated heterocycles. The second kappa shape index (κ2) is 6.87. The highest BCUT2D eigenvalue weighted by Crippen LogP contribution is 2.30. The fourth-order valence-corrected chi connectivity index (χ4v) is 3.69. The lowest BCUT2D eigenvalue weighted by Gasteiger charge is -2.38. The number of phenols is 1. The number of pyridine rings is 1. The van der Waals surface area contributed by atoms with Gasteiger partial charge in [-0.25, -0.2) is 9.37 Å². The molecule has 0 aliphatic carbocycles. The standard InChI is InChI=1S/C20H22FN5O2/c1-10-12(3)26(7-6-22-10)20(28)15-9-17(14-5-4-13(27)8-16(14)21)23-19-18(15)11(2)24-25-19/h4-5,8-10,12,22,27H,6-7H2,1-3H3,(H,23,24,25). The van der Waals surface area contributed by atoms with Crippen LogP contribution in [0.25, 0.3) is 22.3 Å². The van der Waals surface area contributed by atoms with Gasteiger partial charge in [-0.15, -0.1) is 0 Å². The quantitative estimate of drug-likeness (QED) is 0.632. The average molecular weight is 383 g/mol. The number of aromatic nitrogens is 3. The van der Waals surface area contributed by atoms with E-state index in [1.807, 2.05) is 25.7 Å². The average Bonchev–Trinajstić information content (AvgIpc) is 3.04. The number of fused-ring (bicyclic) bond motifs is 1. The second-order valence-corrected chi connectivity index (χ2v) is 7.25. The molecule has 146 valence electrons. The molecule has 0 bridgehead atoms. The van der Waals surface area contributed by atoms with E-state index in [1.165, 1.54) is 12.1 Å². The van der Waals surface area contributed by atoms with E-state index in [-0.39, 0.29) is 29.3 Å². The Morgan fingerprint density at radius 1 is 1.32 bits per heavy atom. The number of carbonyl (C=O) groups is 1. The van der Waals surface area contributed by atoms with Crippen LogP contribution in [0.1, 0.15) is 29.9 Å². The third kappa shape index (κ3) is 2.99. The van der Waals surface area contributed by atoms with Gasteiger partial charge in [0.15, 0.2) is 5.65 Å². The number of hydrogen-bond donors (Lipinski definition) is 3. The number of benzene rings is 1. The number of H-pyrrole nitrogens is 1. The number of nitrogens with zero attached hydrogens (tertiary/aromatic N) is 3. The van der Waals surface area contributed by atoms with Crippen LogP contribution in [0.5, 0.6) is 5.75 Å². The molecular weight excluding hydrogens is 361 g/mol. The summed E-state index contributed by atoms with van der Waals surface area (Å²) in [5.41, 5.74) is 2.05. The highest BCUT2D eigenvalue weighted by Gasteiger charge is 2.31. The van der Waals surface area contributed by atoms with Crippen molar-refractivity contribution in [3.8, 4) is 17.0 Å². The third-order valence-electron chi connectivity index (χ3n) is 5.46. The van der Waals surface area contributed by atoms with Gasteiger partial charge in [0.2, 0.25) is 0 Å². The summed E-state index contributed by atoms with van der Waals surface area (Å²) < 4.78 is 14.4. The minimum Gasteiger partial charge on any atom is -0.508 e. The lowest BCUT2D eigenvalue weighted by atomic mass is 10.0. The van der Waals surface area contributed by atoms with Crippen molar-refractivity contribution in [2.24, 2.45) is 0 Å². The van der Waals surface area contributed by atoms with E-state index in [0.29, 0.717) is 28.8 Å². The summed E-state index contributed by atoms with van der Waals surface area (Å²) in [6.45, 7) is 7.20. The lowest BCUT2D eigenvalue weighted by molar-refractivity contribution is 0.0605. The van der Waals surface area contributed by atoms with Gasteiger partial charge in [-0.2, -0.15) is 5.10 Å². The van der Waals surface area contributed by atoms with E-state index < -0.39 is 5.82 Å². The first-order valence-electron chi connectivity index (χ1n) is 9.25. The number of amides is 1. The predicted octanol–water partition coefficient (Wildman–Crippen LogP) is 2.60. The van der Waals surface area contributed by atoms with E-state index in [9.17, 15) is 14.3 Å². The molecule has 0 radical (unpaired) electrons. The molecule has 1 aliphatic rings. The number of phenolic OH excluding ortho intramolecular Hbond substituents is 1. The molecule has 2 atom stereocenters. The number of hydrogen-bond acceptors (Lipinski definition) is 5. The zero-order chi connectivity index (χ0) is 20.0. The molecule has 1 fully saturated rings. The summed E-state index contributed by atoms with van der Waals surface area (Å²) >= 11 is 0. The molecule has 1 aromatic carbocycles. The summed E-state index contributed by atoms with van der Waals surface area (Å²) in [6.07, 6.45) is 0. The molecule has 1 amide bonds. The van der Waals surface area contributed by atoms with Crippen LogP contribution < -0.4 is 5.32 Å². The molecule has 4 rings (SSSR count). The molecule has 0 saturated carbocycles. The number of carbonyl (C=O) groups excluding carboxylic acids is 1. The molecule has 1 aliphatic heterocycles. The summed E-state index contributed by atoms with van der Waals surface area (Å²) in [4.78, 5) is 19.7. The Morgan fingerprint density at radius 3 is 2.86 bits per heavy atom. The number of rotatable bonds is 2. The highest BCUT2D eigenvalue weighted by molar-refractivity contribution is 6.07. The minimum absolute atomic E-state index is 0.0190. The number of nitrogens with one attached hydrogen (secondary N) is 2. The van der Waals surface area contributed by atoms with Gasteiger partial charge >= 0.3 is 0 Å². The van der Waals surface area contributed by atoms with Crippen molar-refractivity contribution in [2.45, 2.75) is 32.9 Å². The monoisotopic (exact) mass is 383 g/mol. The fraction of sp³-hybridized carbons (Fsp3) is 0.350. The SMILES string of the molecule is Cc1[nH]nc2nc(-c3ccc(O)cc3F)cc(C(=O)N3CCNC(C)C3C)c12. The van der Waals surface area contributed by atoms with Crippen molar-refractivity contribution in [3.63, 3.8) is 0 Å². The zero-order valence-electron chi connectivity index (χ0n) is 16.0. The van der Waals surface area contributed by atoms with Gasteiger partial charge in [0, 0.05) is 42.5 Å². The Labute approximate surface area is 161 Å². The normalized spacial score (nSPS) is 19.9. The molecule has 7 nitrogen and oxygen atoms in total. The van der Waals surface area contributed by atoms with Crippen LogP contribution in [0, 0.1) is 12.7 Å². The molecular formula is C20H22FN5O2. The van der Waals surface area contributed by atoms with Crippen molar-refractivity contribution >= 4 is 16.9 Å². The van der Waals surface area contributed by atoms with Gasteiger partial charge in [0.1, 0.15) is 11.6 Å². The molecule has 2 unspecified atom stereocenters. The summed E-state index contributed by atoms with van der Waals surface area (Å²) in [6, 6.07) is 5.67. The Balaban J connectivity index is 1.87. The van der Waals surface area contributed by atoms with Crippen molar-refractivity contribution in [3.05, 3.63) is 41.3 Å². The Bertz CT molecular complexity index is 1060. The molecule has 28 heavy (non-hydrogen) atoms. The molecule has 8 heteroatoms. The smallest absolute Gasteiger partial charge is 0.255 e. The van der Waals surface area contributed by atoms with Gasteiger partial charge < -0.3 is 15.3 Å². The number of aryl methyl sites for hydroxylation is 1. The zero-order valence-corrected chi connectivity index (χ0v) is 16.0. The minimum atomic E-state index is -0.610. The summed E-state index contributed by atoms with van der Waals surface area (Å²) in [5, 5.41) is 20.5. The first-order valence-corrected chi connectivity index (χ1v) is 9.25. The van der Waals surface area contributed by atoms with Crippen LogP contribution in [-0.4, -0.2) is 56.3 Å². The summed E-state index contributed by atoms with van der Waals surface area (Å²) in [5.74, 6) is -0.905. The largest absolute Gasteiger partial charge is 0.508 e. The van der Waals surface area contributed by atoms with Crippen LogP contribution in [0.3, 0.4) is 0 Å². The Hall–Kier alpha value is -3.00. The predicted molar refractivity (Wildman–Crippen MR) is 104 cm³/mol. The Kier molecular flexibility index (Phi) is 4.50. The summed E-state index contributed by atoms with van der Waals surface area (Å²) in [7, 11) is 0. The number of aromatic amines is 1. The maximum absolute atomic E-state index is 14.4. The first-order chi connectivity index (χ1) is 13.4. The molecule has 2 aromatic heterocycles. The van der Waals surface area contributed by atoms with Crippen molar-refractivity contribution < 1.29 is 14.3 Å². The van der Waals surface area contributed by atoms with Crippen molar-refractivity contribution in [2.75, 3.05) is 13.1 Å². The van der Waals surface area contributed by atoms with Gasteiger partial charge in [-0.05, 0) is 39.0 Å². The van der Waals surface area contributed by atoms with E-state index in [1.54, 1.807) is 6.07 Å². The van der Waals surface area contributed by atoms with Crippen molar-refractivity contribution in [1.29, 1.82) is 0 Å². The Morgan fingerprint density at radius 2 is 2.11 bits per heavy atom. The van der Waals surface area contributed by atoms with Gasteiger partial charge in [-0.1, -0.05) is 0 Å². The third-order valence-corrected chi connectivity index (χ3v) is 5.46. The van der Waals surface area contributed by atoms with E-state index >= 15 is 0 Å². The number of aromatic hydroxyl groups is 1. The van der Waals surface area contributed by atoms with Crippen LogP contribution in [-0.2, 0) is 0 Å². The van der Waals surface area contributed by atoms with E-state index in [2.05, 4.69) is 20.5 Å². The number of piperazine rings is 1.